The highest BCUT2D eigenvalue weighted by Crippen LogP contribution is 2.30. The number of fused-ring (bicyclic) bond motifs is 1. The molecular weight excluding hydrogens is 436 g/mol. The summed E-state index contributed by atoms with van der Waals surface area (Å²) in [5.74, 6) is 1.22. The van der Waals surface area contributed by atoms with E-state index in [1.165, 1.54) is 11.3 Å². The number of oxazole rings is 1. The molecule has 1 amide bonds. The van der Waals surface area contributed by atoms with E-state index in [9.17, 15) is 4.79 Å². The normalized spacial score (nSPS) is 15.2. The van der Waals surface area contributed by atoms with Crippen LogP contribution in [0.1, 0.15) is 48.0 Å². The van der Waals surface area contributed by atoms with Gasteiger partial charge >= 0.3 is 0 Å². The summed E-state index contributed by atoms with van der Waals surface area (Å²) < 4.78 is 7.88. The highest BCUT2D eigenvalue weighted by atomic mass is 35.5. The number of amides is 1. The summed E-state index contributed by atoms with van der Waals surface area (Å²) in [6, 6.07) is 17.7. The van der Waals surface area contributed by atoms with Gasteiger partial charge in [0.25, 0.3) is 0 Å². The smallest absolute Gasteiger partial charge is 0.220 e. The first kappa shape index (κ1) is 21.5. The average molecular weight is 461 g/mol. The number of carbonyl (C=O) groups excluding carboxylic acids is 1. The molecule has 1 aliphatic carbocycles. The van der Waals surface area contributed by atoms with E-state index in [0.717, 1.165) is 36.9 Å². The second-order valence-electron chi connectivity index (χ2n) is 8.33. The third-order valence-electron chi connectivity index (χ3n) is 6.02. The number of aromatic nitrogens is 3. The van der Waals surface area contributed by atoms with Crippen LogP contribution >= 0.6 is 11.6 Å². The highest BCUT2D eigenvalue weighted by Gasteiger charge is 2.25. The van der Waals surface area contributed by atoms with E-state index in [0.29, 0.717) is 29.5 Å². The lowest BCUT2D eigenvalue weighted by Gasteiger charge is -2.24. The Labute approximate surface area is 197 Å². The zero-order chi connectivity index (χ0) is 22.6. The second kappa shape index (κ2) is 9.63. The summed E-state index contributed by atoms with van der Waals surface area (Å²) >= 11 is 5.94. The van der Waals surface area contributed by atoms with Crippen molar-refractivity contribution >= 4 is 17.5 Å². The first-order valence-corrected chi connectivity index (χ1v) is 11.6. The first-order chi connectivity index (χ1) is 16.2. The van der Waals surface area contributed by atoms with E-state index in [1.807, 2.05) is 48.7 Å². The summed E-state index contributed by atoms with van der Waals surface area (Å²) in [7, 11) is 0. The predicted octanol–water partition coefficient (Wildman–Crippen LogP) is 5.37. The fourth-order valence-corrected chi connectivity index (χ4v) is 4.45. The maximum absolute atomic E-state index is 12.7. The number of hydrogen-bond donors (Lipinski definition) is 1. The SMILES string of the molecule is O=C(CCc1ncc(-c2ccc(Cl)cc2)o1)NC1CCCc2c1cnn2Cc1ccccc1. The highest BCUT2D eigenvalue weighted by molar-refractivity contribution is 6.30. The maximum Gasteiger partial charge on any atom is 0.220 e. The van der Waals surface area contributed by atoms with Crippen LogP contribution in [0.5, 0.6) is 0 Å². The van der Waals surface area contributed by atoms with Crippen molar-refractivity contribution in [2.24, 2.45) is 0 Å². The Morgan fingerprint density at radius 1 is 1.12 bits per heavy atom. The molecule has 1 unspecified atom stereocenters. The minimum atomic E-state index is -0.00472. The number of nitrogens with one attached hydrogen (secondary N) is 1. The topological polar surface area (TPSA) is 73.0 Å². The summed E-state index contributed by atoms with van der Waals surface area (Å²) in [4.78, 5) is 17.0. The summed E-state index contributed by atoms with van der Waals surface area (Å²) in [5.41, 5.74) is 4.48. The van der Waals surface area contributed by atoms with Gasteiger partial charge in [0, 0.05) is 34.7 Å². The molecule has 4 aromatic rings. The maximum atomic E-state index is 12.7. The molecule has 0 saturated heterocycles. The monoisotopic (exact) mass is 460 g/mol. The Kier molecular flexibility index (Phi) is 6.26. The average Bonchev–Trinajstić information content (AvgIpc) is 3.47. The van der Waals surface area contributed by atoms with Crippen LogP contribution < -0.4 is 5.32 Å². The van der Waals surface area contributed by atoms with Crippen LogP contribution in [-0.2, 0) is 24.2 Å². The van der Waals surface area contributed by atoms with Crippen molar-refractivity contribution in [3.05, 3.63) is 94.7 Å². The molecule has 2 heterocycles. The molecule has 6 nitrogen and oxygen atoms in total. The van der Waals surface area contributed by atoms with Crippen LogP contribution in [0.15, 0.2) is 71.4 Å². The van der Waals surface area contributed by atoms with E-state index in [2.05, 4.69) is 32.2 Å². The van der Waals surface area contributed by atoms with Gasteiger partial charge < -0.3 is 9.73 Å². The number of rotatable bonds is 7. The molecule has 1 N–H and O–H groups in total. The van der Waals surface area contributed by atoms with Gasteiger partial charge in [0.1, 0.15) is 0 Å². The zero-order valence-corrected chi connectivity index (χ0v) is 19.0. The quantitative estimate of drug-likeness (QED) is 0.402. The Morgan fingerprint density at radius 3 is 2.76 bits per heavy atom. The van der Waals surface area contributed by atoms with Crippen LogP contribution in [0.2, 0.25) is 5.02 Å². The molecule has 168 valence electrons. The van der Waals surface area contributed by atoms with Gasteiger partial charge in [0.15, 0.2) is 11.7 Å². The van der Waals surface area contributed by atoms with Crippen LogP contribution in [0.4, 0.5) is 0 Å². The number of halogens is 1. The van der Waals surface area contributed by atoms with Crippen molar-refractivity contribution < 1.29 is 9.21 Å². The Hall–Kier alpha value is -3.38. The number of benzene rings is 2. The van der Waals surface area contributed by atoms with E-state index in [1.54, 1.807) is 6.20 Å². The molecular formula is C26H25ClN4O2. The predicted molar refractivity (Wildman–Crippen MR) is 127 cm³/mol. The molecule has 7 heteroatoms. The van der Waals surface area contributed by atoms with E-state index in [4.69, 9.17) is 16.0 Å². The number of nitrogens with zero attached hydrogens (tertiary/aromatic N) is 3. The Bertz CT molecular complexity index is 1230. The molecule has 1 atom stereocenters. The Balaban J connectivity index is 1.19. The van der Waals surface area contributed by atoms with Gasteiger partial charge in [-0.2, -0.15) is 5.10 Å². The van der Waals surface area contributed by atoms with Gasteiger partial charge in [0.05, 0.1) is 25.0 Å². The summed E-state index contributed by atoms with van der Waals surface area (Å²) in [6.45, 7) is 0.747. The molecule has 33 heavy (non-hydrogen) atoms. The molecule has 2 aromatic heterocycles. The number of aryl methyl sites for hydroxylation is 1. The molecule has 1 aliphatic rings. The van der Waals surface area contributed by atoms with Gasteiger partial charge in [-0.3, -0.25) is 9.48 Å². The minimum absolute atomic E-state index is 0.0000354. The fraction of sp³-hybridized carbons (Fsp3) is 0.269. The number of hydrogen-bond acceptors (Lipinski definition) is 4. The first-order valence-electron chi connectivity index (χ1n) is 11.2. The van der Waals surface area contributed by atoms with Gasteiger partial charge in [-0.05, 0) is 49.1 Å². The molecule has 0 fully saturated rings. The van der Waals surface area contributed by atoms with Crippen LogP contribution in [0.25, 0.3) is 11.3 Å². The van der Waals surface area contributed by atoms with Gasteiger partial charge in [-0.1, -0.05) is 41.9 Å². The Morgan fingerprint density at radius 2 is 1.94 bits per heavy atom. The zero-order valence-electron chi connectivity index (χ0n) is 18.2. The molecule has 2 aromatic carbocycles. The van der Waals surface area contributed by atoms with E-state index < -0.39 is 0 Å². The van der Waals surface area contributed by atoms with Crippen molar-refractivity contribution in [2.45, 2.75) is 44.7 Å². The molecule has 0 radical (unpaired) electrons. The standard InChI is InChI=1S/C26H25ClN4O2/c27-20-11-9-19(10-12-20)24-16-28-26(33-24)14-13-25(32)30-22-7-4-8-23-21(22)15-29-31(23)17-18-5-2-1-3-6-18/h1-3,5-6,9-12,15-16,22H,4,7-8,13-14,17H2,(H,30,32). The van der Waals surface area contributed by atoms with Gasteiger partial charge in [0.2, 0.25) is 5.91 Å². The molecule has 0 aliphatic heterocycles. The van der Waals surface area contributed by atoms with Crippen LogP contribution in [0, 0.1) is 0 Å². The third-order valence-corrected chi connectivity index (χ3v) is 6.27. The van der Waals surface area contributed by atoms with E-state index in [-0.39, 0.29) is 11.9 Å². The minimum Gasteiger partial charge on any atom is -0.441 e. The lowest BCUT2D eigenvalue weighted by molar-refractivity contribution is -0.122. The van der Waals surface area contributed by atoms with Crippen LogP contribution in [-0.4, -0.2) is 20.7 Å². The molecule has 0 spiro atoms. The molecule has 5 rings (SSSR count). The van der Waals surface area contributed by atoms with Crippen molar-refractivity contribution in [1.82, 2.24) is 20.1 Å². The largest absolute Gasteiger partial charge is 0.441 e. The van der Waals surface area contributed by atoms with Crippen LogP contribution in [0.3, 0.4) is 0 Å². The lowest BCUT2D eigenvalue weighted by atomic mass is 9.92. The second-order valence-corrected chi connectivity index (χ2v) is 8.76. The summed E-state index contributed by atoms with van der Waals surface area (Å²) in [5, 5.41) is 8.48. The van der Waals surface area contributed by atoms with Crippen molar-refractivity contribution in [3.8, 4) is 11.3 Å². The van der Waals surface area contributed by atoms with Crippen molar-refractivity contribution in [3.63, 3.8) is 0 Å². The van der Waals surface area contributed by atoms with E-state index >= 15 is 0 Å². The molecule has 0 saturated carbocycles. The van der Waals surface area contributed by atoms with Crippen molar-refractivity contribution in [1.29, 1.82) is 0 Å². The third kappa shape index (κ3) is 5.01. The summed E-state index contributed by atoms with van der Waals surface area (Å²) in [6.07, 6.45) is 7.31. The van der Waals surface area contributed by atoms with Gasteiger partial charge in [-0.25, -0.2) is 4.98 Å². The number of carbonyl (C=O) groups is 1. The fourth-order valence-electron chi connectivity index (χ4n) is 4.32. The van der Waals surface area contributed by atoms with Gasteiger partial charge in [-0.15, -0.1) is 0 Å². The van der Waals surface area contributed by atoms with Crippen molar-refractivity contribution in [2.75, 3.05) is 0 Å². The molecule has 0 bridgehead atoms. The lowest BCUT2D eigenvalue weighted by Crippen LogP contribution is -2.31.